The molecule has 1 aromatic heterocycles. The van der Waals surface area contributed by atoms with Crippen molar-refractivity contribution in [3.63, 3.8) is 0 Å². The Morgan fingerprint density at radius 1 is 1.21 bits per heavy atom. The molecule has 0 unspecified atom stereocenters. The van der Waals surface area contributed by atoms with Gasteiger partial charge < -0.3 is 10.1 Å². The second-order valence-electron chi connectivity index (χ2n) is 4.65. The number of carbonyl (C=O) groups is 2. The minimum Gasteiger partial charge on any atom is -0.462 e. The van der Waals surface area contributed by atoms with E-state index in [4.69, 9.17) is 27.9 Å². The lowest BCUT2D eigenvalue weighted by Gasteiger charge is -2.04. The van der Waals surface area contributed by atoms with Crippen molar-refractivity contribution < 1.29 is 14.3 Å². The van der Waals surface area contributed by atoms with Gasteiger partial charge in [-0.05, 0) is 42.8 Å². The SMILES string of the molecule is CCOC(=O)c1ccnc(NC(=O)/C=C/c2ccc(Cl)c(Cl)c2)c1. The average Bonchev–Trinajstić information content (AvgIpc) is 2.56. The zero-order valence-corrected chi connectivity index (χ0v) is 14.3. The topological polar surface area (TPSA) is 68.3 Å². The zero-order valence-electron chi connectivity index (χ0n) is 12.8. The summed E-state index contributed by atoms with van der Waals surface area (Å²) in [6, 6.07) is 7.98. The molecule has 0 radical (unpaired) electrons. The first-order valence-electron chi connectivity index (χ1n) is 7.07. The molecule has 1 N–H and O–H groups in total. The van der Waals surface area contributed by atoms with E-state index in [0.717, 1.165) is 5.56 Å². The molecule has 0 saturated carbocycles. The van der Waals surface area contributed by atoms with Crippen LogP contribution in [0.2, 0.25) is 10.0 Å². The number of aromatic nitrogens is 1. The molecule has 5 nitrogen and oxygen atoms in total. The molecule has 0 aliphatic heterocycles. The fraction of sp³-hybridized carbons (Fsp3) is 0.118. The van der Waals surface area contributed by atoms with Crippen LogP contribution in [0.4, 0.5) is 5.82 Å². The van der Waals surface area contributed by atoms with Crippen LogP contribution in [0.5, 0.6) is 0 Å². The van der Waals surface area contributed by atoms with Gasteiger partial charge in [0.25, 0.3) is 0 Å². The van der Waals surface area contributed by atoms with Gasteiger partial charge in [0.05, 0.1) is 22.2 Å². The number of halogens is 2. The summed E-state index contributed by atoms with van der Waals surface area (Å²) in [5.41, 5.74) is 1.04. The van der Waals surface area contributed by atoms with Crippen molar-refractivity contribution in [1.82, 2.24) is 4.98 Å². The Kier molecular flexibility index (Phi) is 6.35. The van der Waals surface area contributed by atoms with Gasteiger partial charge in [-0.2, -0.15) is 0 Å². The Morgan fingerprint density at radius 3 is 2.71 bits per heavy atom. The van der Waals surface area contributed by atoms with Gasteiger partial charge in [-0.15, -0.1) is 0 Å². The van der Waals surface area contributed by atoms with Crippen LogP contribution in [0, 0.1) is 0 Å². The quantitative estimate of drug-likeness (QED) is 0.636. The number of nitrogens with one attached hydrogen (secondary N) is 1. The minimum absolute atomic E-state index is 0.254. The van der Waals surface area contributed by atoms with Crippen molar-refractivity contribution >= 4 is 47.0 Å². The number of hydrogen-bond acceptors (Lipinski definition) is 4. The van der Waals surface area contributed by atoms with E-state index in [1.165, 1.54) is 24.4 Å². The number of pyridine rings is 1. The van der Waals surface area contributed by atoms with Crippen molar-refractivity contribution in [2.75, 3.05) is 11.9 Å². The van der Waals surface area contributed by atoms with Gasteiger partial charge in [0.2, 0.25) is 5.91 Å². The van der Waals surface area contributed by atoms with E-state index < -0.39 is 11.9 Å². The van der Waals surface area contributed by atoms with Crippen LogP contribution in [0.15, 0.2) is 42.6 Å². The van der Waals surface area contributed by atoms with Gasteiger partial charge in [0, 0.05) is 12.3 Å². The number of anilines is 1. The largest absolute Gasteiger partial charge is 0.462 e. The zero-order chi connectivity index (χ0) is 17.5. The van der Waals surface area contributed by atoms with E-state index in [1.54, 1.807) is 31.2 Å². The molecular formula is C17H14Cl2N2O3. The summed E-state index contributed by atoms with van der Waals surface area (Å²) in [6.07, 6.45) is 4.34. The highest BCUT2D eigenvalue weighted by atomic mass is 35.5. The van der Waals surface area contributed by atoms with E-state index in [1.807, 2.05) is 0 Å². The predicted octanol–water partition coefficient (Wildman–Crippen LogP) is 4.22. The summed E-state index contributed by atoms with van der Waals surface area (Å²) in [5, 5.41) is 3.42. The number of nitrogens with zero attached hydrogens (tertiary/aromatic N) is 1. The molecule has 0 spiro atoms. The minimum atomic E-state index is -0.471. The van der Waals surface area contributed by atoms with E-state index in [-0.39, 0.29) is 12.4 Å². The molecule has 1 aromatic carbocycles. The number of benzene rings is 1. The normalized spacial score (nSPS) is 10.6. The number of rotatable bonds is 5. The van der Waals surface area contributed by atoms with Crippen LogP contribution in [-0.2, 0) is 9.53 Å². The van der Waals surface area contributed by atoms with Crippen LogP contribution < -0.4 is 5.32 Å². The van der Waals surface area contributed by atoms with Crippen molar-refractivity contribution in [3.05, 3.63) is 63.8 Å². The van der Waals surface area contributed by atoms with Gasteiger partial charge in [0.1, 0.15) is 5.82 Å². The van der Waals surface area contributed by atoms with Gasteiger partial charge >= 0.3 is 5.97 Å². The molecular weight excluding hydrogens is 351 g/mol. The molecule has 0 aliphatic rings. The summed E-state index contributed by atoms with van der Waals surface area (Å²) in [7, 11) is 0. The van der Waals surface area contributed by atoms with Crippen molar-refractivity contribution in [2.45, 2.75) is 6.92 Å². The molecule has 7 heteroatoms. The molecule has 0 atom stereocenters. The highest BCUT2D eigenvalue weighted by molar-refractivity contribution is 6.42. The summed E-state index contributed by atoms with van der Waals surface area (Å²) < 4.78 is 4.90. The maximum atomic E-state index is 11.9. The summed E-state index contributed by atoms with van der Waals surface area (Å²) in [4.78, 5) is 27.6. The molecule has 0 bridgehead atoms. The standard InChI is InChI=1S/C17H14Cl2N2O3/c1-2-24-17(23)12-7-8-20-15(10-12)21-16(22)6-4-11-3-5-13(18)14(19)9-11/h3-10H,2H2,1H3,(H,20,21,22)/b6-4+. The fourth-order valence-electron chi connectivity index (χ4n) is 1.80. The molecule has 0 fully saturated rings. The first-order chi connectivity index (χ1) is 11.5. The number of esters is 1. The Labute approximate surface area is 149 Å². The summed E-state index contributed by atoms with van der Waals surface area (Å²) in [5.74, 6) is -0.610. The van der Waals surface area contributed by atoms with Crippen molar-refractivity contribution in [3.8, 4) is 0 Å². The maximum Gasteiger partial charge on any atom is 0.338 e. The molecule has 0 aliphatic carbocycles. The molecule has 1 heterocycles. The molecule has 2 aromatic rings. The fourth-order valence-corrected chi connectivity index (χ4v) is 2.10. The first-order valence-corrected chi connectivity index (χ1v) is 7.82. The highest BCUT2D eigenvalue weighted by Crippen LogP contribution is 2.23. The van der Waals surface area contributed by atoms with Crippen LogP contribution in [0.25, 0.3) is 6.08 Å². The third-order valence-electron chi connectivity index (χ3n) is 2.89. The van der Waals surface area contributed by atoms with E-state index in [0.29, 0.717) is 15.6 Å². The number of amides is 1. The number of ether oxygens (including phenoxy) is 1. The van der Waals surface area contributed by atoms with Gasteiger partial charge in [-0.25, -0.2) is 9.78 Å². The van der Waals surface area contributed by atoms with Crippen molar-refractivity contribution in [1.29, 1.82) is 0 Å². The molecule has 124 valence electrons. The maximum absolute atomic E-state index is 11.9. The lowest BCUT2D eigenvalue weighted by atomic mass is 10.2. The van der Waals surface area contributed by atoms with E-state index in [2.05, 4.69) is 10.3 Å². The average molecular weight is 365 g/mol. The second-order valence-corrected chi connectivity index (χ2v) is 5.46. The Balaban J connectivity index is 2.04. The third kappa shape index (κ3) is 5.08. The Morgan fingerprint density at radius 2 is 2.00 bits per heavy atom. The van der Waals surface area contributed by atoms with E-state index in [9.17, 15) is 9.59 Å². The molecule has 24 heavy (non-hydrogen) atoms. The lowest BCUT2D eigenvalue weighted by Crippen LogP contribution is -2.11. The summed E-state index contributed by atoms with van der Waals surface area (Å²) >= 11 is 11.7. The van der Waals surface area contributed by atoms with Crippen LogP contribution in [0.3, 0.4) is 0 Å². The molecule has 1 amide bonds. The Bertz CT molecular complexity index is 791. The number of hydrogen-bond donors (Lipinski definition) is 1. The number of carbonyl (C=O) groups excluding carboxylic acids is 2. The third-order valence-corrected chi connectivity index (χ3v) is 3.63. The van der Waals surface area contributed by atoms with Gasteiger partial charge in [0.15, 0.2) is 0 Å². The van der Waals surface area contributed by atoms with Crippen molar-refractivity contribution in [2.24, 2.45) is 0 Å². The monoisotopic (exact) mass is 364 g/mol. The second kappa shape index (κ2) is 8.47. The van der Waals surface area contributed by atoms with Crippen LogP contribution >= 0.6 is 23.2 Å². The first kappa shape index (κ1) is 18.0. The smallest absolute Gasteiger partial charge is 0.338 e. The predicted molar refractivity (Wildman–Crippen MR) is 94.3 cm³/mol. The van der Waals surface area contributed by atoms with Gasteiger partial charge in [-0.1, -0.05) is 29.3 Å². The molecule has 0 saturated heterocycles. The summed E-state index contributed by atoms with van der Waals surface area (Å²) in [6.45, 7) is 1.99. The molecule has 2 rings (SSSR count). The lowest BCUT2D eigenvalue weighted by molar-refractivity contribution is -0.111. The van der Waals surface area contributed by atoms with E-state index >= 15 is 0 Å². The highest BCUT2D eigenvalue weighted by Gasteiger charge is 2.08. The van der Waals surface area contributed by atoms with Crippen LogP contribution in [0.1, 0.15) is 22.8 Å². The van der Waals surface area contributed by atoms with Gasteiger partial charge in [-0.3, -0.25) is 4.79 Å². The van der Waals surface area contributed by atoms with Crippen LogP contribution in [-0.4, -0.2) is 23.5 Å². The Hall–Kier alpha value is -2.37.